The first kappa shape index (κ1) is 29.3. The molecular formula is C26H38I2N2O2. The molecule has 1 amide bonds. The number of piperidine rings is 1. The maximum absolute atomic E-state index is 13.1. The van der Waals surface area contributed by atoms with E-state index in [1.54, 1.807) is 12.0 Å². The lowest BCUT2D eigenvalue weighted by atomic mass is 9.71. The van der Waals surface area contributed by atoms with Crippen molar-refractivity contribution < 1.29 is 9.53 Å². The van der Waals surface area contributed by atoms with E-state index in [2.05, 4.69) is 78.5 Å². The van der Waals surface area contributed by atoms with Crippen molar-refractivity contribution in [1.82, 2.24) is 9.80 Å². The molecule has 3 rings (SSSR count). The van der Waals surface area contributed by atoms with Crippen LogP contribution >= 0.6 is 37.2 Å². The van der Waals surface area contributed by atoms with Crippen LogP contribution in [-0.4, -0.2) is 62.7 Å². The molecule has 178 valence electrons. The number of amides is 1. The number of methoxy groups -OCH3 is 1. The molecule has 0 bridgehead atoms. The molecule has 0 aromatic heterocycles. The average Bonchev–Trinajstić information content (AvgIpc) is 2.87. The number of carbonyl (C=O) groups is 1. The van der Waals surface area contributed by atoms with Gasteiger partial charge in [-0.1, -0.05) is 74.5 Å². The second-order valence-corrected chi connectivity index (χ2v) is 8.00. The molecule has 0 spiro atoms. The average molecular weight is 664 g/mol. The number of ether oxygens (including phenoxy) is 1. The number of halogens is 2. The van der Waals surface area contributed by atoms with Crippen molar-refractivity contribution >= 4 is 43.1 Å². The van der Waals surface area contributed by atoms with Gasteiger partial charge in [-0.15, -0.1) is 0 Å². The summed E-state index contributed by atoms with van der Waals surface area (Å²) in [7, 11) is 5.52. The molecule has 6 heteroatoms. The van der Waals surface area contributed by atoms with Crippen LogP contribution in [0.3, 0.4) is 0 Å². The highest BCUT2D eigenvalue weighted by atomic mass is 128. The van der Waals surface area contributed by atoms with Crippen LogP contribution in [0.2, 0.25) is 0 Å². The molecule has 2 aromatic rings. The van der Waals surface area contributed by atoms with Crippen LogP contribution in [0, 0.1) is 0 Å². The molecule has 1 atom stereocenters. The Kier molecular flexibility index (Phi) is 14.7. The first-order valence-electron chi connectivity index (χ1n) is 11.3. The molecule has 0 aliphatic carbocycles. The smallest absolute Gasteiger partial charge is 0.232 e. The third kappa shape index (κ3) is 8.25. The number of likely N-dealkylation sites (N-methyl/N-ethyl adjacent to an activating group) is 1. The second kappa shape index (κ2) is 16.0. The maximum Gasteiger partial charge on any atom is 0.232 e. The molecule has 0 radical (unpaired) electrons. The lowest BCUT2D eigenvalue weighted by Gasteiger charge is -2.43. The monoisotopic (exact) mass is 664 g/mol. The molecule has 4 nitrogen and oxygen atoms in total. The van der Waals surface area contributed by atoms with E-state index in [1.807, 2.05) is 52.2 Å². The first-order valence-corrected chi connectivity index (χ1v) is 17.5. The molecule has 32 heavy (non-hydrogen) atoms. The minimum Gasteiger partial charge on any atom is -0.380 e. The van der Waals surface area contributed by atoms with Crippen molar-refractivity contribution in [3.8, 4) is 0 Å². The third-order valence-corrected chi connectivity index (χ3v) is 5.95. The van der Waals surface area contributed by atoms with E-state index in [0.29, 0.717) is 0 Å². The summed E-state index contributed by atoms with van der Waals surface area (Å²) < 4.78 is 5.76. The number of rotatable bonds is 7. The lowest BCUT2D eigenvalue weighted by Crippen LogP contribution is -2.52. The lowest BCUT2D eigenvalue weighted by molar-refractivity contribution is -0.137. The highest BCUT2D eigenvalue weighted by Gasteiger charge is 2.43. The number of nitrogens with zero attached hydrogens (tertiary/aromatic N) is 2. The summed E-state index contributed by atoms with van der Waals surface area (Å²) in [6.07, 6.45) is 2.76. The topological polar surface area (TPSA) is 32.8 Å². The van der Waals surface area contributed by atoms with Crippen LogP contribution in [0.25, 0.3) is 0 Å². The summed E-state index contributed by atoms with van der Waals surface area (Å²) in [5, 5.41) is 0. The van der Waals surface area contributed by atoms with Crippen molar-refractivity contribution in [2.24, 2.45) is 0 Å². The highest BCUT2D eigenvalue weighted by Crippen LogP contribution is 2.37. The van der Waals surface area contributed by atoms with Crippen LogP contribution in [0.15, 0.2) is 60.7 Å². The molecule has 1 aliphatic rings. The van der Waals surface area contributed by atoms with Gasteiger partial charge in [0.05, 0.1) is 11.5 Å². The number of likely N-dealkylation sites (tertiary alicyclic amines) is 1. The minimum atomic E-state index is -0.413. The van der Waals surface area contributed by atoms with E-state index in [-0.39, 0.29) is 12.0 Å². The highest BCUT2D eigenvalue weighted by molar-refractivity contribution is 15.0. The summed E-state index contributed by atoms with van der Waals surface area (Å²) in [6.45, 7) is 6.71. The van der Waals surface area contributed by atoms with Crippen LogP contribution in [-0.2, 0) is 21.4 Å². The predicted octanol–water partition coefficient (Wildman–Crippen LogP) is 6.16. The zero-order valence-corrected chi connectivity index (χ0v) is 24.4. The van der Waals surface area contributed by atoms with Gasteiger partial charge in [0.1, 0.15) is 0 Å². The van der Waals surface area contributed by atoms with E-state index >= 15 is 0 Å². The molecule has 1 fully saturated rings. The second-order valence-electron chi connectivity index (χ2n) is 8.00. The molecule has 2 aromatic carbocycles. The van der Waals surface area contributed by atoms with Crippen molar-refractivity contribution in [2.75, 3.05) is 40.8 Å². The van der Waals surface area contributed by atoms with Crippen LogP contribution in [0.4, 0.5) is 0 Å². The van der Waals surface area contributed by atoms with E-state index < -0.39 is 5.41 Å². The molecule has 0 saturated carbocycles. The Morgan fingerprint density at radius 1 is 1.00 bits per heavy atom. The number of hydrogen-bond acceptors (Lipinski definition) is 3. The minimum absolute atomic E-state index is 0.163. The third-order valence-electron chi connectivity index (χ3n) is 5.95. The summed E-state index contributed by atoms with van der Waals surface area (Å²) in [5.74, 6) is 0.214. The van der Waals surface area contributed by atoms with Gasteiger partial charge in [-0.05, 0) is 43.5 Å². The van der Waals surface area contributed by atoms with Crippen molar-refractivity contribution in [3.05, 3.63) is 71.8 Å². The van der Waals surface area contributed by atoms with Crippen LogP contribution < -0.4 is 0 Å². The van der Waals surface area contributed by atoms with E-state index in [9.17, 15) is 4.79 Å². The van der Waals surface area contributed by atoms with Gasteiger partial charge in [-0.2, -0.15) is 0 Å². The van der Waals surface area contributed by atoms with Crippen molar-refractivity contribution in [1.29, 1.82) is 0 Å². The fourth-order valence-corrected chi connectivity index (χ4v) is 4.32. The number of carbonyl (C=O) groups excluding carboxylic acids is 1. The summed E-state index contributed by atoms with van der Waals surface area (Å²) >= 11 is 4.24. The van der Waals surface area contributed by atoms with Gasteiger partial charge in [-0.3, -0.25) is 4.79 Å². The SMILES string of the molecule is CC.COC(Cc1ccccc1)CN1CCC(C(=O)N(C)C)(c2ccccc2)CC1.II. The largest absolute Gasteiger partial charge is 0.380 e. The Balaban J connectivity index is 0.00000121. The van der Waals surface area contributed by atoms with Gasteiger partial charge >= 0.3 is 0 Å². The number of hydrogen-bond donors (Lipinski definition) is 0. The van der Waals surface area contributed by atoms with E-state index in [0.717, 1.165) is 44.5 Å². The zero-order valence-electron chi connectivity index (χ0n) is 20.1. The van der Waals surface area contributed by atoms with Crippen molar-refractivity contribution in [2.45, 2.75) is 44.6 Å². The molecule has 1 heterocycles. The Labute approximate surface area is 218 Å². The summed E-state index contributed by atoms with van der Waals surface area (Å²) in [4.78, 5) is 17.3. The van der Waals surface area contributed by atoms with Gasteiger partial charge in [0.25, 0.3) is 0 Å². The van der Waals surface area contributed by atoms with Crippen LogP contribution in [0.5, 0.6) is 0 Å². The molecule has 1 aliphatic heterocycles. The molecular weight excluding hydrogens is 626 g/mol. The number of benzene rings is 2. The predicted molar refractivity (Wildman–Crippen MR) is 153 cm³/mol. The zero-order chi connectivity index (χ0) is 24.0. The fourth-order valence-electron chi connectivity index (χ4n) is 4.32. The van der Waals surface area contributed by atoms with Gasteiger partial charge in [-0.25, -0.2) is 0 Å². The normalized spacial score (nSPS) is 16.0. The van der Waals surface area contributed by atoms with E-state index in [1.165, 1.54) is 5.56 Å². The fraction of sp³-hybridized carbons (Fsp3) is 0.500. The molecule has 0 N–H and O–H groups in total. The quantitative estimate of drug-likeness (QED) is 0.333. The standard InChI is InChI=1S/C24H32N2O2.C2H6.I2/c1-25(2)23(27)24(21-12-8-5-9-13-21)14-16-26(17-15-24)19-22(28-3)18-20-10-6-4-7-11-20;2*1-2/h4-13,22H,14-19H2,1-3H3;1-2H3;. The van der Waals surface area contributed by atoms with E-state index in [4.69, 9.17) is 4.74 Å². The Bertz CT molecular complexity index is 749. The first-order chi connectivity index (χ1) is 15.5. The van der Waals surface area contributed by atoms with Gasteiger partial charge in [0.15, 0.2) is 0 Å². The van der Waals surface area contributed by atoms with Crippen LogP contribution in [0.1, 0.15) is 37.8 Å². The Morgan fingerprint density at radius 2 is 1.50 bits per heavy atom. The summed E-state index contributed by atoms with van der Waals surface area (Å²) in [6, 6.07) is 20.8. The van der Waals surface area contributed by atoms with Gasteiger partial charge in [0, 0.05) is 65.0 Å². The Morgan fingerprint density at radius 3 is 1.97 bits per heavy atom. The maximum atomic E-state index is 13.1. The van der Waals surface area contributed by atoms with Gasteiger partial charge < -0.3 is 14.5 Å². The molecule has 1 unspecified atom stereocenters. The molecule has 1 saturated heterocycles. The Hall–Kier alpha value is -0.710. The van der Waals surface area contributed by atoms with Gasteiger partial charge in [0.2, 0.25) is 5.91 Å². The summed E-state index contributed by atoms with van der Waals surface area (Å²) in [5.41, 5.74) is 2.03. The van der Waals surface area contributed by atoms with Crippen molar-refractivity contribution in [3.63, 3.8) is 0 Å².